The van der Waals surface area contributed by atoms with Crippen LogP contribution in [0.1, 0.15) is 21.5 Å². The van der Waals surface area contributed by atoms with E-state index in [-0.39, 0.29) is 13.2 Å². The van der Waals surface area contributed by atoms with Gasteiger partial charge in [0.15, 0.2) is 12.4 Å². The second-order valence-corrected chi connectivity index (χ2v) is 9.05. The van der Waals surface area contributed by atoms with Crippen molar-refractivity contribution >= 4 is 21.9 Å². The van der Waals surface area contributed by atoms with Crippen LogP contribution in [0.15, 0.2) is 78.9 Å². The number of hydrogen-bond donors (Lipinski definition) is 0. The smallest absolute Gasteiger partial charge is 0.338 e. The number of halogens is 3. The molecule has 1 fully saturated rings. The third-order valence-corrected chi connectivity index (χ3v) is 6.64. The van der Waals surface area contributed by atoms with Crippen molar-refractivity contribution in [1.82, 2.24) is 0 Å². The molecule has 0 amide bonds. The first-order valence-corrected chi connectivity index (χ1v) is 12.8. The highest BCUT2D eigenvalue weighted by Gasteiger charge is 2.49. The van der Waals surface area contributed by atoms with Gasteiger partial charge in [-0.15, -0.1) is 0 Å². The summed E-state index contributed by atoms with van der Waals surface area (Å²) in [5, 5.41) is 0.291. The van der Waals surface area contributed by atoms with Gasteiger partial charge in [0, 0.05) is 23.6 Å². The Kier molecular flexibility index (Phi) is 9.76. The predicted molar refractivity (Wildman–Crippen MR) is 135 cm³/mol. The molecule has 1 heterocycles. The predicted octanol–water partition coefficient (Wildman–Crippen LogP) is 5.43. The quantitative estimate of drug-likeness (QED) is 0.237. The molecule has 0 radical (unpaired) electrons. The summed E-state index contributed by atoms with van der Waals surface area (Å²) in [6.45, 7) is -0.236. The molecule has 9 heteroatoms. The van der Waals surface area contributed by atoms with E-state index in [1.165, 1.54) is 19.2 Å². The number of hydrogen-bond acceptors (Lipinski definition) is 6. The first-order chi connectivity index (χ1) is 18.0. The summed E-state index contributed by atoms with van der Waals surface area (Å²) in [7, 11) is 1.44. The first kappa shape index (κ1) is 27.3. The van der Waals surface area contributed by atoms with Gasteiger partial charge in [-0.05, 0) is 24.3 Å². The van der Waals surface area contributed by atoms with E-state index in [9.17, 15) is 13.6 Å². The molecular weight excluding hydrogens is 550 g/mol. The molecule has 6 nitrogen and oxygen atoms in total. The Morgan fingerprint density at radius 2 is 1.35 bits per heavy atom. The third-order valence-electron chi connectivity index (χ3n) is 6.01. The van der Waals surface area contributed by atoms with Crippen molar-refractivity contribution in [1.29, 1.82) is 0 Å². The summed E-state index contributed by atoms with van der Waals surface area (Å²) < 4.78 is 58.4. The molecular formula is C28H27BrF2O6. The molecule has 3 aromatic rings. The van der Waals surface area contributed by atoms with Gasteiger partial charge in [-0.25, -0.2) is 13.6 Å². The summed E-state index contributed by atoms with van der Waals surface area (Å²) in [5.74, 6) is -1.44. The summed E-state index contributed by atoms with van der Waals surface area (Å²) in [5.41, 5.74) is 0.992. The Morgan fingerprint density at radius 1 is 0.811 bits per heavy atom. The fourth-order valence-electron chi connectivity index (χ4n) is 4.07. The van der Waals surface area contributed by atoms with Gasteiger partial charge in [-0.1, -0.05) is 70.5 Å². The van der Waals surface area contributed by atoms with Gasteiger partial charge >= 0.3 is 5.97 Å². The maximum absolute atomic E-state index is 14.4. The molecule has 1 saturated heterocycles. The van der Waals surface area contributed by atoms with Crippen LogP contribution < -0.4 is 0 Å². The Labute approximate surface area is 222 Å². The molecule has 1 aliphatic heterocycles. The molecule has 3 aromatic carbocycles. The van der Waals surface area contributed by atoms with Crippen molar-refractivity contribution in [2.24, 2.45) is 0 Å². The van der Waals surface area contributed by atoms with Crippen molar-refractivity contribution in [2.75, 3.05) is 12.4 Å². The van der Waals surface area contributed by atoms with Crippen LogP contribution in [-0.4, -0.2) is 49.1 Å². The topological polar surface area (TPSA) is 63.2 Å². The SMILES string of the molecule is CO[C@H]1O[C@H](CBr)[C@@H](OC(=O)c2ccccc2)[C@H](OCc2ccccc2F)[C@H]1OCc1ccccc1F. The Morgan fingerprint density at radius 3 is 1.89 bits per heavy atom. The normalized spacial score (nSPS) is 23.5. The van der Waals surface area contributed by atoms with E-state index in [2.05, 4.69) is 15.9 Å². The van der Waals surface area contributed by atoms with E-state index < -0.39 is 48.3 Å². The first-order valence-electron chi connectivity index (χ1n) is 11.7. The van der Waals surface area contributed by atoms with Crippen molar-refractivity contribution < 1.29 is 37.3 Å². The lowest BCUT2D eigenvalue weighted by atomic mass is 9.98. The number of carbonyl (C=O) groups is 1. The van der Waals surface area contributed by atoms with E-state index in [4.69, 9.17) is 23.7 Å². The number of benzene rings is 3. The average Bonchev–Trinajstić information content (AvgIpc) is 2.93. The molecule has 196 valence electrons. The van der Waals surface area contributed by atoms with Gasteiger partial charge in [0.2, 0.25) is 0 Å². The zero-order valence-electron chi connectivity index (χ0n) is 20.1. The largest absolute Gasteiger partial charge is 0.453 e. The van der Waals surface area contributed by atoms with Crippen molar-refractivity contribution in [3.63, 3.8) is 0 Å². The van der Waals surface area contributed by atoms with Crippen LogP contribution in [0, 0.1) is 11.6 Å². The molecule has 0 saturated carbocycles. The van der Waals surface area contributed by atoms with E-state index in [1.807, 2.05) is 0 Å². The minimum Gasteiger partial charge on any atom is -0.453 e. The minimum atomic E-state index is -0.948. The molecule has 0 bridgehead atoms. The molecule has 0 aromatic heterocycles. The van der Waals surface area contributed by atoms with Gasteiger partial charge < -0.3 is 23.7 Å². The number of esters is 1. The monoisotopic (exact) mass is 576 g/mol. The van der Waals surface area contributed by atoms with Crippen molar-refractivity contribution in [2.45, 2.75) is 43.9 Å². The molecule has 0 unspecified atom stereocenters. The van der Waals surface area contributed by atoms with Gasteiger partial charge in [0.1, 0.15) is 29.9 Å². The standard InChI is InChI=1S/C28H27BrF2O6/c1-33-28-26(35-17-20-12-6-8-14-22(20)31)25(34-16-19-11-5-7-13-21(19)30)24(23(15-29)36-28)37-27(32)18-9-3-2-4-10-18/h2-14,23-26,28H,15-17H2,1H3/t23-,24-,25+,26-,28+/m1/s1. The van der Waals surface area contributed by atoms with Crippen LogP contribution in [0.5, 0.6) is 0 Å². The lowest BCUT2D eigenvalue weighted by Gasteiger charge is -2.44. The van der Waals surface area contributed by atoms with E-state index in [1.54, 1.807) is 66.7 Å². The lowest BCUT2D eigenvalue weighted by molar-refractivity contribution is -0.305. The summed E-state index contributed by atoms with van der Waals surface area (Å²) >= 11 is 3.42. The number of carbonyl (C=O) groups excluding carboxylic acids is 1. The third kappa shape index (κ3) is 6.80. The lowest BCUT2D eigenvalue weighted by Crippen LogP contribution is -2.61. The number of methoxy groups -OCH3 is 1. The average molecular weight is 577 g/mol. The number of alkyl halides is 1. The Bertz CT molecular complexity index is 1160. The van der Waals surface area contributed by atoms with Crippen LogP contribution in [0.3, 0.4) is 0 Å². The van der Waals surface area contributed by atoms with E-state index >= 15 is 0 Å². The van der Waals surface area contributed by atoms with Crippen LogP contribution in [0.25, 0.3) is 0 Å². The highest BCUT2D eigenvalue weighted by molar-refractivity contribution is 9.09. The van der Waals surface area contributed by atoms with Crippen LogP contribution in [0.2, 0.25) is 0 Å². The van der Waals surface area contributed by atoms with Crippen molar-refractivity contribution in [3.8, 4) is 0 Å². The van der Waals surface area contributed by atoms with E-state index in [0.717, 1.165) is 0 Å². The molecule has 0 aliphatic carbocycles. The fraction of sp³-hybridized carbons (Fsp3) is 0.321. The fourth-order valence-corrected chi connectivity index (χ4v) is 4.59. The van der Waals surface area contributed by atoms with Crippen molar-refractivity contribution in [3.05, 3.63) is 107 Å². The van der Waals surface area contributed by atoms with Gasteiger partial charge in [0.05, 0.1) is 18.8 Å². The van der Waals surface area contributed by atoms with Crippen LogP contribution in [-0.2, 0) is 36.9 Å². The Hall–Kier alpha value is -2.69. The molecule has 0 N–H and O–H groups in total. The molecule has 4 rings (SSSR count). The van der Waals surface area contributed by atoms with Gasteiger partial charge in [0.25, 0.3) is 0 Å². The summed E-state index contributed by atoms with van der Waals surface area (Å²) in [6.07, 6.45) is -4.40. The second kappa shape index (κ2) is 13.2. The summed E-state index contributed by atoms with van der Waals surface area (Å²) in [6, 6.07) is 20.9. The molecule has 1 aliphatic rings. The maximum Gasteiger partial charge on any atom is 0.338 e. The molecule has 0 spiro atoms. The van der Waals surface area contributed by atoms with Gasteiger partial charge in [-0.2, -0.15) is 0 Å². The molecule has 37 heavy (non-hydrogen) atoms. The number of rotatable bonds is 10. The second-order valence-electron chi connectivity index (χ2n) is 8.40. The maximum atomic E-state index is 14.4. The highest BCUT2D eigenvalue weighted by atomic mass is 79.9. The highest BCUT2D eigenvalue weighted by Crippen LogP contribution is 2.32. The minimum absolute atomic E-state index is 0.113. The van der Waals surface area contributed by atoms with Gasteiger partial charge in [-0.3, -0.25) is 0 Å². The zero-order chi connectivity index (χ0) is 26.2. The Balaban J connectivity index is 1.63. The molecule has 5 atom stereocenters. The van der Waals surface area contributed by atoms with Crippen LogP contribution in [0.4, 0.5) is 8.78 Å². The number of ether oxygens (including phenoxy) is 5. The summed E-state index contributed by atoms with van der Waals surface area (Å²) in [4.78, 5) is 13.0. The van der Waals surface area contributed by atoms with E-state index in [0.29, 0.717) is 22.0 Å². The van der Waals surface area contributed by atoms with Crippen LogP contribution >= 0.6 is 15.9 Å². The zero-order valence-corrected chi connectivity index (χ0v) is 21.7.